The summed E-state index contributed by atoms with van der Waals surface area (Å²) in [6.45, 7) is 5.06. The van der Waals surface area contributed by atoms with E-state index in [0.717, 1.165) is 18.5 Å². The summed E-state index contributed by atoms with van der Waals surface area (Å²) in [6.07, 6.45) is 0.855. The first-order valence-corrected chi connectivity index (χ1v) is 7.09. The number of hydrogen-bond acceptors (Lipinski definition) is 3. The molecule has 0 fully saturated rings. The average molecular weight is 284 g/mol. The molecule has 21 heavy (non-hydrogen) atoms. The topological polar surface area (TPSA) is 55.2 Å². The number of aryl methyl sites for hydroxylation is 1. The standard InChI is InChI=1S/C17H20N2O2/c1-13-3-7-16(8-4-13)14(2)18-12-11-15-5-9-17(10-6-15)19(20)21/h3-10,14,18H,11-12H2,1-2H3. The van der Waals surface area contributed by atoms with Crippen LogP contribution in [0.25, 0.3) is 0 Å². The zero-order valence-corrected chi connectivity index (χ0v) is 12.4. The molecule has 0 saturated heterocycles. The van der Waals surface area contributed by atoms with Gasteiger partial charge in [-0.25, -0.2) is 0 Å². The molecule has 2 aromatic rings. The van der Waals surface area contributed by atoms with Crippen molar-refractivity contribution in [2.24, 2.45) is 0 Å². The Morgan fingerprint density at radius 1 is 1.10 bits per heavy atom. The van der Waals surface area contributed by atoms with Crippen molar-refractivity contribution in [1.29, 1.82) is 0 Å². The fraction of sp³-hybridized carbons (Fsp3) is 0.294. The van der Waals surface area contributed by atoms with E-state index in [-0.39, 0.29) is 10.6 Å². The lowest BCUT2D eigenvalue weighted by Gasteiger charge is -2.14. The van der Waals surface area contributed by atoms with Crippen molar-refractivity contribution in [1.82, 2.24) is 5.32 Å². The van der Waals surface area contributed by atoms with Gasteiger partial charge in [-0.2, -0.15) is 0 Å². The summed E-state index contributed by atoms with van der Waals surface area (Å²) in [4.78, 5) is 10.2. The number of nitro benzene ring substituents is 1. The highest BCUT2D eigenvalue weighted by molar-refractivity contribution is 5.33. The third-order valence-electron chi connectivity index (χ3n) is 3.59. The van der Waals surface area contributed by atoms with Gasteiger partial charge in [0.2, 0.25) is 0 Å². The van der Waals surface area contributed by atoms with Crippen LogP contribution in [-0.4, -0.2) is 11.5 Å². The molecule has 0 saturated carbocycles. The monoisotopic (exact) mass is 284 g/mol. The minimum absolute atomic E-state index is 0.139. The Hall–Kier alpha value is -2.20. The molecule has 0 aliphatic rings. The van der Waals surface area contributed by atoms with Gasteiger partial charge in [-0.15, -0.1) is 0 Å². The summed E-state index contributed by atoms with van der Waals surface area (Å²) in [5.74, 6) is 0. The van der Waals surface area contributed by atoms with E-state index in [0.29, 0.717) is 6.04 Å². The van der Waals surface area contributed by atoms with Crippen molar-refractivity contribution in [3.8, 4) is 0 Å². The minimum atomic E-state index is -0.374. The van der Waals surface area contributed by atoms with Gasteiger partial charge in [0.1, 0.15) is 0 Å². The number of nitro groups is 1. The lowest BCUT2D eigenvalue weighted by molar-refractivity contribution is -0.384. The Bertz CT molecular complexity index is 591. The third-order valence-corrected chi connectivity index (χ3v) is 3.59. The Balaban J connectivity index is 1.83. The molecular formula is C17H20N2O2. The van der Waals surface area contributed by atoms with Gasteiger partial charge in [0.15, 0.2) is 0 Å². The average Bonchev–Trinajstić information content (AvgIpc) is 2.48. The van der Waals surface area contributed by atoms with Crippen molar-refractivity contribution < 1.29 is 4.92 Å². The van der Waals surface area contributed by atoms with Crippen LogP contribution in [0.5, 0.6) is 0 Å². The van der Waals surface area contributed by atoms with Gasteiger partial charge in [-0.3, -0.25) is 10.1 Å². The lowest BCUT2D eigenvalue weighted by atomic mass is 10.1. The van der Waals surface area contributed by atoms with E-state index in [4.69, 9.17) is 0 Å². The predicted molar refractivity (Wildman–Crippen MR) is 84.4 cm³/mol. The third kappa shape index (κ3) is 4.39. The summed E-state index contributed by atoms with van der Waals surface area (Å²) in [6, 6.07) is 15.5. The van der Waals surface area contributed by atoms with Gasteiger partial charge < -0.3 is 5.32 Å². The van der Waals surface area contributed by atoms with Gasteiger partial charge in [0.05, 0.1) is 4.92 Å². The van der Waals surface area contributed by atoms with Crippen LogP contribution in [0.3, 0.4) is 0 Å². The smallest absolute Gasteiger partial charge is 0.269 e. The van der Waals surface area contributed by atoms with Gasteiger partial charge in [-0.1, -0.05) is 42.0 Å². The van der Waals surface area contributed by atoms with Gasteiger partial charge in [0, 0.05) is 18.2 Å². The van der Waals surface area contributed by atoms with Crippen LogP contribution in [0.1, 0.15) is 29.7 Å². The first-order chi connectivity index (χ1) is 10.1. The largest absolute Gasteiger partial charge is 0.310 e. The van der Waals surface area contributed by atoms with Crippen LogP contribution in [0.15, 0.2) is 48.5 Å². The van der Waals surface area contributed by atoms with Gasteiger partial charge >= 0.3 is 0 Å². The molecule has 110 valence electrons. The Kier molecular flexibility index (Phi) is 5.06. The van der Waals surface area contributed by atoms with E-state index in [1.807, 2.05) is 12.1 Å². The van der Waals surface area contributed by atoms with E-state index in [1.165, 1.54) is 11.1 Å². The van der Waals surface area contributed by atoms with Crippen molar-refractivity contribution >= 4 is 5.69 Å². The lowest BCUT2D eigenvalue weighted by Crippen LogP contribution is -2.21. The highest BCUT2D eigenvalue weighted by Crippen LogP contribution is 2.14. The predicted octanol–water partition coefficient (Wildman–Crippen LogP) is 3.80. The molecule has 0 spiro atoms. The fourth-order valence-corrected chi connectivity index (χ4v) is 2.19. The molecule has 1 unspecified atom stereocenters. The van der Waals surface area contributed by atoms with E-state index < -0.39 is 0 Å². The van der Waals surface area contributed by atoms with E-state index in [2.05, 4.69) is 43.4 Å². The van der Waals surface area contributed by atoms with Crippen molar-refractivity contribution in [2.75, 3.05) is 6.54 Å². The molecule has 0 aliphatic carbocycles. The maximum atomic E-state index is 10.6. The van der Waals surface area contributed by atoms with Crippen LogP contribution >= 0.6 is 0 Å². The molecule has 4 heteroatoms. The molecule has 0 amide bonds. The molecular weight excluding hydrogens is 264 g/mol. The van der Waals surface area contributed by atoms with E-state index >= 15 is 0 Å². The summed E-state index contributed by atoms with van der Waals surface area (Å²) in [5.41, 5.74) is 3.77. The molecule has 0 heterocycles. The van der Waals surface area contributed by atoms with Crippen LogP contribution in [0.4, 0.5) is 5.69 Å². The first-order valence-electron chi connectivity index (χ1n) is 7.09. The fourth-order valence-electron chi connectivity index (χ4n) is 2.19. The van der Waals surface area contributed by atoms with E-state index in [1.54, 1.807) is 12.1 Å². The summed E-state index contributed by atoms with van der Waals surface area (Å²) < 4.78 is 0. The quantitative estimate of drug-likeness (QED) is 0.648. The highest BCUT2D eigenvalue weighted by atomic mass is 16.6. The molecule has 0 radical (unpaired) electrons. The molecule has 2 rings (SSSR count). The number of non-ortho nitro benzene ring substituents is 1. The summed E-state index contributed by atoms with van der Waals surface area (Å²) in [7, 11) is 0. The van der Waals surface area contributed by atoms with Crippen LogP contribution in [-0.2, 0) is 6.42 Å². The van der Waals surface area contributed by atoms with Crippen molar-refractivity contribution in [2.45, 2.75) is 26.3 Å². The molecule has 1 atom stereocenters. The molecule has 1 N–H and O–H groups in total. The molecule has 0 aliphatic heterocycles. The van der Waals surface area contributed by atoms with Crippen molar-refractivity contribution in [3.05, 3.63) is 75.3 Å². The molecule has 4 nitrogen and oxygen atoms in total. The maximum Gasteiger partial charge on any atom is 0.269 e. The highest BCUT2D eigenvalue weighted by Gasteiger charge is 2.06. The normalized spacial score (nSPS) is 12.1. The molecule has 2 aromatic carbocycles. The number of hydrogen-bond donors (Lipinski definition) is 1. The van der Waals surface area contributed by atoms with Crippen LogP contribution in [0.2, 0.25) is 0 Å². The number of nitrogens with zero attached hydrogens (tertiary/aromatic N) is 1. The minimum Gasteiger partial charge on any atom is -0.310 e. The van der Waals surface area contributed by atoms with Crippen LogP contribution in [0, 0.1) is 17.0 Å². The van der Waals surface area contributed by atoms with E-state index in [9.17, 15) is 10.1 Å². The first kappa shape index (κ1) is 15.2. The summed E-state index contributed by atoms with van der Waals surface area (Å²) in [5, 5.41) is 14.1. The van der Waals surface area contributed by atoms with Crippen LogP contribution < -0.4 is 5.32 Å². The zero-order valence-electron chi connectivity index (χ0n) is 12.4. The zero-order chi connectivity index (χ0) is 15.2. The molecule has 0 bridgehead atoms. The number of benzene rings is 2. The second-order valence-corrected chi connectivity index (χ2v) is 5.26. The number of rotatable bonds is 6. The number of nitrogens with one attached hydrogen (secondary N) is 1. The van der Waals surface area contributed by atoms with Gasteiger partial charge in [0.25, 0.3) is 5.69 Å². The Labute approximate surface area is 125 Å². The SMILES string of the molecule is Cc1ccc(C(C)NCCc2ccc([N+](=O)[O-])cc2)cc1. The molecule has 0 aromatic heterocycles. The second-order valence-electron chi connectivity index (χ2n) is 5.26. The Morgan fingerprint density at radius 2 is 1.71 bits per heavy atom. The van der Waals surface area contributed by atoms with Crippen molar-refractivity contribution in [3.63, 3.8) is 0 Å². The van der Waals surface area contributed by atoms with Gasteiger partial charge in [-0.05, 0) is 37.9 Å². The maximum absolute atomic E-state index is 10.6. The second kappa shape index (κ2) is 6.99. The Morgan fingerprint density at radius 3 is 2.29 bits per heavy atom. The summed E-state index contributed by atoms with van der Waals surface area (Å²) >= 11 is 0.